The normalized spacial score (nSPS) is 15.3. The number of carbonyl (C=O) groups excluding carboxylic acids is 2. The van der Waals surface area contributed by atoms with Crippen molar-refractivity contribution in [3.05, 3.63) is 59.5 Å². The molecule has 1 fully saturated rings. The Bertz CT molecular complexity index is 1310. The molecule has 36 heavy (non-hydrogen) atoms. The van der Waals surface area contributed by atoms with Crippen LogP contribution < -0.4 is 21.1 Å². The number of likely N-dealkylation sites (tertiary alicyclic amines) is 1. The average molecular weight is 511 g/mol. The van der Waals surface area contributed by atoms with E-state index in [2.05, 4.69) is 32.3 Å². The Morgan fingerprint density at radius 1 is 1.31 bits per heavy atom. The summed E-state index contributed by atoms with van der Waals surface area (Å²) in [5, 5.41) is 11.2. The third kappa shape index (κ3) is 5.41. The summed E-state index contributed by atoms with van der Waals surface area (Å²) in [5.74, 6) is 0.169. The molecule has 1 atom stereocenters. The lowest BCUT2D eigenvalue weighted by Crippen LogP contribution is -2.39. The summed E-state index contributed by atoms with van der Waals surface area (Å²) in [6.07, 6.45) is 7.95. The fourth-order valence-corrected chi connectivity index (χ4v) is 4.36. The summed E-state index contributed by atoms with van der Waals surface area (Å²) >= 11 is 6.14. The first-order chi connectivity index (χ1) is 17.3. The third-order valence-corrected chi connectivity index (χ3v) is 6.11. The highest BCUT2D eigenvalue weighted by molar-refractivity contribution is 6.31. The summed E-state index contributed by atoms with van der Waals surface area (Å²) in [5.41, 5.74) is 7.71. The van der Waals surface area contributed by atoms with Crippen molar-refractivity contribution in [1.29, 1.82) is 0 Å². The van der Waals surface area contributed by atoms with Crippen LogP contribution in [0, 0.1) is 6.92 Å². The molecule has 0 aliphatic carbocycles. The fourth-order valence-electron chi connectivity index (χ4n) is 4.10. The smallest absolute Gasteiger partial charge is 0.254 e. The lowest BCUT2D eigenvalue weighted by molar-refractivity contribution is -0.127. The van der Waals surface area contributed by atoms with Gasteiger partial charge in [0.15, 0.2) is 0 Å². The number of nitrogens with one attached hydrogen (secondary N) is 2. The molecule has 0 saturated carbocycles. The molecular weight excluding hydrogens is 484 g/mol. The van der Waals surface area contributed by atoms with Crippen LogP contribution in [0.15, 0.2) is 43.4 Å². The second-order valence-electron chi connectivity index (χ2n) is 8.36. The van der Waals surface area contributed by atoms with Crippen LogP contribution in [0.25, 0.3) is 0 Å². The van der Waals surface area contributed by atoms with Gasteiger partial charge in [0.1, 0.15) is 17.1 Å². The van der Waals surface area contributed by atoms with Gasteiger partial charge in [-0.1, -0.05) is 18.2 Å². The van der Waals surface area contributed by atoms with Gasteiger partial charge >= 0.3 is 0 Å². The van der Waals surface area contributed by atoms with E-state index in [1.54, 1.807) is 23.2 Å². The molecule has 1 aliphatic rings. The van der Waals surface area contributed by atoms with Gasteiger partial charge in [-0.25, -0.2) is 4.98 Å². The van der Waals surface area contributed by atoms with Crippen LogP contribution in [-0.4, -0.2) is 56.7 Å². The molecule has 11 nitrogen and oxygen atoms in total. The van der Waals surface area contributed by atoms with Crippen LogP contribution >= 0.6 is 11.6 Å². The SMILES string of the molecule is C=CC(=O)N1CCC[C@H](n2cc(Nc3ncc(C(N)=O)c(Nc4c(C)cc(Cl)cc4OC)n3)cn2)C1. The van der Waals surface area contributed by atoms with E-state index in [9.17, 15) is 9.59 Å². The highest BCUT2D eigenvalue weighted by Gasteiger charge is 2.24. The Kier molecular flexibility index (Phi) is 7.39. The van der Waals surface area contributed by atoms with Crippen LogP contribution in [0.2, 0.25) is 5.02 Å². The van der Waals surface area contributed by atoms with Crippen LogP contribution in [0.5, 0.6) is 5.75 Å². The van der Waals surface area contributed by atoms with Gasteiger partial charge in [0.25, 0.3) is 5.91 Å². The first kappa shape index (κ1) is 25.0. The molecule has 0 radical (unpaired) electrons. The van der Waals surface area contributed by atoms with Crippen molar-refractivity contribution >= 4 is 46.6 Å². The first-order valence-electron chi connectivity index (χ1n) is 11.3. The van der Waals surface area contributed by atoms with E-state index in [0.29, 0.717) is 35.2 Å². The molecule has 0 unspecified atom stereocenters. The van der Waals surface area contributed by atoms with Gasteiger partial charge in [-0.3, -0.25) is 14.3 Å². The number of ether oxygens (including phenoxy) is 1. The number of amides is 2. The Morgan fingerprint density at radius 3 is 2.83 bits per heavy atom. The van der Waals surface area contributed by atoms with Crippen molar-refractivity contribution in [1.82, 2.24) is 24.6 Å². The number of aromatic nitrogens is 4. The number of aryl methyl sites for hydroxylation is 1. The average Bonchev–Trinajstić information content (AvgIpc) is 3.33. The minimum absolute atomic E-state index is 0.0499. The lowest BCUT2D eigenvalue weighted by Gasteiger charge is -2.32. The summed E-state index contributed by atoms with van der Waals surface area (Å²) in [6.45, 7) is 6.69. The van der Waals surface area contributed by atoms with Crippen molar-refractivity contribution in [3.8, 4) is 5.75 Å². The van der Waals surface area contributed by atoms with Gasteiger partial charge in [-0.05, 0) is 37.5 Å². The van der Waals surface area contributed by atoms with Gasteiger partial charge in [-0.2, -0.15) is 10.1 Å². The number of halogens is 1. The fraction of sp³-hybridized carbons (Fsp3) is 0.292. The predicted octanol–water partition coefficient (Wildman–Crippen LogP) is 3.58. The zero-order valence-corrected chi connectivity index (χ0v) is 20.7. The zero-order valence-electron chi connectivity index (χ0n) is 20.0. The minimum atomic E-state index is -0.682. The molecule has 1 aromatic carbocycles. The van der Waals surface area contributed by atoms with Crippen molar-refractivity contribution in [2.24, 2.45) is 5.73 Å². The predicted molar refractivity (Wildman–Crippen MR) is 137 cm³/mol. The molecule has 188 valence electrons. The molecule has 1 saturated heterocycles. The molecule has 1 aliphatic heterocycles. The van der Waals surface area contributed by atoms with Crippen molar-refractivity contribution in [2.45, 2.75) is 25.8 Å². The van der Waals surface area contributed by atoms with E-state index in [1.165, 1.54) is 19.4 Å². The largest absolute Gasteiger partial charge is 0.495 e. The number of primary amides is 1. The standard InChI is InChI=1S/C24H27ClN8O3/c1-4-20(34)32-7-5-6-17(13-32)33-12-16(10-28-33)29-24-27-11-18(22(26)35)23(31-24)30-21-14(2)8-15(25)9-19(21)36-3/h4,8-12,17H,1,5-7,13H2,2-3H3,(H2,26,35)(H2,27,29,30,31)/t17-/m0/s1. The summed E-state index contributed by atoms with van der Waals surface area (Å²) in [4.78, 5) is 34.5. The monoisotopic (exact) mass is 510 g/mol. The molecule has 2 amide bonds. The molecular formula is C24H27ClN8O3. The number of hydrogen-bond donors (Lipinski definition) is 3. The molecule has 3 aromatic rings. The summed E-state index contributed by atoms with van der Waals surface area (Å²) < 4.78 is 7.26. The quantitative estimate of drug-likeness (QED) is 0.390. The number of nitrogens with zero attached hydrogens (tertiary/aromatic N) is 5. The molecule has 3 heterocycles. The number of anilines is 4. The van der Waals surface area contributed by atoms with E-state index in [-0.39, 0.29) is 29.3 Å². The highest BCUT2D eigenvalue weighted by atomic mass is 35.5. The van der Waals surface area contributed by atoms with Crippen molar-refractivity contribution in [3.63, 3.8) is 0 Å². The first-order valence-corrected chi connectivity index (χ1v) is 11.7. The van der Waals surface area contributed by atoms with Crippen LogP contribution in [0.1, 0.15) is 34.8 Å². The molecule has 4 rings (SSSR count). The number of nitrogens with two attached hydrogens (primary N) is 1. The maximum Gasteiger partial charge on any atom is 0.254 e. The third-order valence-electron chi connectivity index (χ3n) is 5.90. The Balaban J connectivity index is 1.56. The van der Waals surface area contributed by atoms with Crippen LogP contribution in [-0.2, 0) is 4.79 Å². The summed E-state index contributed by atoms with van der Waals surface area (Å²) in [7, 11) is 1.52. The Hall–Kier alpha value is -4.12. The van der Waals surface area contributed by atoms with Crippen LogP contribution in [0.4, 0.5) is 23.1 Å². The molecule has 0 bridgehead atoms. The van der Waals surface area contributed by atoms with Gasteiger partial charge in [0.05, 0.1) is 30.7 Å². The van der Waals surface area contributed by atoms with E-state index < -0.39 is 5.91 Å². The lowest BCUT2D eigenvalue weighted by atomic mass is 10.1. The van der Waals surface area contributed by atoms with Gasteiger partial charge in [-0.15, -0.1) is 0 Å². The molecule has 2 aromatic heterocycles. The van der Waals surface area contributed by atoms with Gasteiger partial charge < -0.3 is 26.0 Å². The molecule has 12 heteroatoms. The van der Waals surface area contributed by atoms with Gasteiger partial charge in [0, 0.05) is 36.6 Å². The van der Waals surface area contributed by atoms with Crippen LogP contribution in [0.3, 0.4) is 0 Å². The number of benzene rings is 1. The van der Waals surface area contributed by atoms with E-state index >= 15 is 0 Å². The van der Waals surface area contributed by atoms with E-state index in [0.717, 1.165) is 18.4 Å². The minimum Gasteiger partial charge on any atom is -0.495 e. The maximum absolute atomic E-state index is 12.0. The number of methoxy groups -OCH3 is 1. The molecule has 4 N–H and O–H groups in total. The Morgan fingerprint density at radius 2 is 2.11 bits per heavy atom. The summed E-state index contributed by atoms with van der Waals surface area (Å²) in [6, 6.07) is 3.47. The van der Waals surface area contributed by atoms with E-state index in [4.69, 9.17) is 22.1 Å². The van der Waals surface area contributed by atoms with E-state index in [1.807, 2.05) is 17.8 Å². The van der Waals surface area contributed by atoms with Crippen molar-refractivity contribution in [2.75, 3.05) is 30.8 Å². The van der Waals surface area contributed by atoms with Gasteiger partial charge in [0.2, 0.25) is 11.9 Å². The topological polar surface area (TPSA) is 140 Å². The zero-order chi connectivity index (χ0) is 25.8. The van der Waals surface area contributed by atoms with Crippen molar-refractivity contribution < 1.29 is 14.3 Å². The number of hydrogen-bond acceptors (Lipinski definition) is 8. The Labute approximate surface area is 213 Å². The number of piperidine rings is 1. The second kappa shape index (κ2) is 10.6. The highest BCUT2D eigenvalue weighted by Crippen LogP contribution is 2.35. The number of carbonyl (C=O) groups is 2. The molecule has 0 spiro atoms. The second-order valence-corrected chi connectivity index (χ2v) is 8.80. The maximum atomic E-state index is 12.0. The number of rotatable bonds is 8.